The third-order valence-corrected chi connectivity index (χ3v) is 5.74. The number of benzene rings is 2. The Balaban J connectivity index is 1.52. The maximum Gasteiger partial charge on any atom is 0.259 e. The summed E-state index contributed by atoms with van der Waals surface area (Å²) < 4.78 is 7.33. The van der Waals surface area contributed by atoms with Crippen molar-refractivity contribution < 1.29 is 9.53 Å². The normalized spacial score (nSPS) is 10.9. The zero-order valence-electron chi connectivity index (χ0n) is 20.8. The van der Waals surface area contributed by atoms with Crippen molar-refractivity contribution in [1.82, 2.24) is 19.7 Å². The number of hydrogen-bond acceptors (Lipinski definition) is 7. The molecule has 4 aromatic rings. The lowest BCUT2D eigenvalue weighted by molar-refractivity contribution is 0.102. The molecule has 0 fully saturated rings. The minimum absolute atomic E-state index is 0.220. The maximum absolute atomic E-state index is 12.9. The second-order valence-corrected chi connectivity index (χ2v) is 9.01. The van der Waals surface area contributed by atoms with Gasteiger partial charge in [0.25, 0.3) is 5.91 Å². The lowest BCUT2D eigenvalue weighted by atomic mass is 10.1. The van der Waals surface area contributed by atoms with Gasteiger partial charge in [-0.3, -0.25) is 9.48 Å². The van der Waals surface area contributed by atoms with Gasteiger partial charge >= 0.3 is 0 Å². The second kappa shape index (κ2) is 10.7. The summed E-state index contributed by atoms with van der Waals surface area (Å²) in [4.78, 5) is 23.7. The molecule has 0 saturated carbocycles. The van der Waals surface area contributed by atoms with Crippen LogP contribution in [0.2, 0.25) is 5.02 Å². The van der Waals surface area contributed by atoms with E-state index in [0.717, 1.165) is 5.69 Å². The van der Waals surface area contributed by atoms with Gasteiger partial charge in [-0.1, -0.05) is 11.6 Å². The summed E-state index contributed by atoms with van der Waals surface area (Å²) in [6, 6.07) is 14.8. The largest absolute Gasteiger partial charge is 0.496 e. The summed E-state index contributed by atoms with van der Waals surface area (Å²) in [6.07, 6.45) is 3.41. The number of methoxy groups -OCH3 is 1. The standard InChI is InChI=1S/C26H28ClN7O2/c1-16(2)34-13-12-22(32-34)24-21(27)15-28-26(31-24)30-18-8-11-20(23(14-18)36-5)25(35)29-17-6-9-19(10-7-17)33(3)4/h6-16H,1-5H3,(H,29,35)(H,28,30,31). The average molecular weight is 506 g/mol. The smallest absolute Gasteiger partial charge is 0.259 e. The van der Waals surface area contributed by atoms with Crippen molar-refractivity contribution in [2.75, 3.05) is 36.7 Å². The fourth-order valence-electron chi connectivity index (χ4n) is 3.49. The fraction of sp³-hybridized carbons (Fsp3) is 0.231. The predicted molar refractivity (Wildman–Crippen MR) is 144 cm³/mol. The van der Waals surface area contributed by atoms with Crippen molar-refractivity contribution in [3.8, 4) is 17.1 Å². The van der Waals surface area contributed by atoms with Gasteiger partial charge < -0.3 is 20.3 Å². The zero-order valence-corrected chi connectivity index (χ0v) is 21.5. The van der Waals surface area contributed by atoms with Crippen molar-refractivity contribution in [2.24, 2.45) is 0 Å². The van der Waals surface area contributed by atoms with Gasteiger partial charge in [-0.2, -0.15) is 5.10 Å². The Kier molecular flexibility index (Phi) is 7.40. The van der Waals surface area contributed by atoms with Gasteiger partial charge in [0.1, 0.15) is 17.1 Å². The zero-order chi connectivity index (χ0) is 25.8. The number of aromatic nitrogens is 4. The molecule has 4 rings (SSSR count). The van der Waals surface area contributed by atoms with Crippen LogP contribution in [0.25, 0.3) is 11.4 Å². The average Bonchev–Trinajstić information content (AvgIpc) is 3.36. The van der Waals surface area contributed by atoms with Crippen LogP contribution in [0, 0.1) is 0 Å². The van der Waals surface area contributed by atoms with Crippen molar-refractivity contribution in [3.05, 3.63) is 71.5 Å². The number of halogens is 1. The van der Waals surface area contributed by atoms with Crippen LogP contribution < -0.4 is 20.3 Å². The monoisotopic (exact) mass is 505 g/mol. The molecule has 2 aromatic carbocycles. The molecule has 9 nitrogen and oxygen atoms in total. The Morgan fingerprint density at radius 3 is 2.44 bits per heavy atom. The Bertz CT molecular complexity index is 1370. The number of carbonyl (C=O) groups is 1. The molecule has 1 amide bonds. The molecular weight excluding hydrogens is 478 g/mol. The van der Waals surface area contributed by atoms with Crippen LogP contribution in [-0.2, 0) is 0 Å². The number of carbonyl (C=O) groups excluding carboxylic acids is 1. The highest BCUT2D eigenvalue weighted by atomic mass is 35.5. The molecule has 36 heavy (non-hydrogen) atoms. The minimum atomic E-state index is -0.276. The van der Waals surface area contributed by atoms with E-state index < -0.39 is 0 Å². The van der Waals surface area contributed by atoms with E-state index in [0.29, 0.717) is 45.0 Å². The van der Waals surface area contributed by atoms with Crippen LogP contribution in [-0.4, -0.2) is 46.9 Å². The predicted octanol–water partition coefficient (Wildman–Crippen LogP) is 5.64. The summed E-state index contributed by atoms with van der Waals surface area (Å²) in [6.45, 7) is 4.09. The first-order chi connectivity index (χ1) is 17.2. The highest BCUT2D eigenvalue weighted by molar-refractivity contribution is 6.32. The first kappa shape index (κ1) is 25.0. The molecule has 0 radical (unpaired) electrons. The first-order valence-corrected chi connectivity index (χ1v) is 11.7. The molecule has 2 aromatic heterocycles. The Hall–Kier alpha value is -4.11. The van der Waals surface area contributed by atoms with E-state index in [-0.39, 0.29) is 11.9 Å². The van der Waals surface area contributed by atoms with Crippen LogP contribution in [0.4, 0.5) is 23.0 Å². The first-order valence-electron chi connectivity index (χ1n) is 11.4. The molecule has 0 bridgehead atoms. The van der Waals surface area contributed by atoms with E-state index in [1.54, 1.807) is 18.2 Å². The van der Waals surface area contributed by atoms with Crippen molar-refractivity contribution in [2.45, 2.75) is 19.9 Å². The second-order valence-electron chi connectivity index (χ2n) is 8.60. The summed E-state index contributed by atoms with van der Waals surface area (Å²) in [5.41, 5.74) is 3.97. The quantitative estimate of drug-likeness (QED) is 0.319. The third-order valence-electron chi connectivity index (χ3n) is 5.47. The van der Waals surface area contributed by atoms with Gasteiger partial charge in [0, 0.05) is 49.5 Å². The van der Waals surface area contributed by atoms with E-state index in [1.807, 2.05) is 74.1 Å². The summed E-state index contributed by atoms with van der Waals surface area (Å²) in [5.74, 6) is 0.475. The van der Waals surface area contributed by atoms with Crippen LogP contribution >= 0.6 is 11.6 Å². The molecule has 0 aliphatic carbocycles. The van der Waals surface area contributed by atoms with Gasteiger partial charge in [-0.05, 0) is 56.3 Å². The fourth-order valence-corrected chi connectivity index (χ4v) is 3.67. The van der Waals surface area contributed by atoms with Crippen molar-refractivity contribution >= 4 is 40.5 Å². The molecule has 2 heterocycles. The molecule has 0 saturated heterocycles. The molecule has 0 aliphatic heterocycles. The van der Waals surface area contributed by atoms with Crippen LogP contribution in [0.3, 0.4) is 0 Å². The van der Waals surface area contributed by atoms with Gasteiger partial charge in [-0.15, -0.1) is 0 Å². The number of hydrogen-bond donors (Lipinski definition) is 2. The molecule has 186 valence electrons. The van der Waals surface area contributed by atoms with E-state index in [1.165, 1.54) is 13.3 Å². The van der Waals surface area contributed by atoms with Gasteiger partial charge in [0.15, 0.2) is 0 Å². The molecule has 2 N–H and O–H groups in total. The van der Waals surface area contributed by atoms with Crippen molar-refractivity contribution in [3.63, 3.8) is 0 Å². The summed E-state index contributed by atoms with van der Waals surface area (Å²) in [7, 11) is 5.44. The molecule has 0 aliphatic rings. The molecular formula is C26H28ClN7O2. The highest BCUT2D eigenvalue weighted by Gasteiger charge is 2.16. The third kappa shape index (κ3) is 5.58. The topological polar surface area (TPSA) is 97.2 Å². The van der Waals surface area contributed by atoms with E-state index in [9.17, 15) is 4.79 Å². The van der Waals surface area contributed by atoms with Gasteiger partial charge in [0.05, 0.1) is 23.9 Å². The molecule has 0 atom stereocenters. The number of rotatable bonds is 8. The maximum atomic E-state index is 12.9. The molecule has 10 heteroatoms. The number of nitrogens with one attached hydrogen (secondary N) is 2. The van der Waals surface area contributed by atoms with Crippen LogP contribution in [0.15, 0.2) is 60.9 Å². The van der Waals surface area contributed by atoms with Gasteiger partial charge in [-0.25, -0.2) is 9.97 Å². The molecule has 0 unspecified atom stereocenters. The summed E-state index contributed by atoms with van der Waals surface area (Å²) >= 11 is 6.35. The SMILES string of the molecule is COc1cc(Nc2ncc(Cl)c(-c3ccn(C(C)C)n3)n2)ccc1C(=O)Nc1ccc(N(C)C)cc1. The number of anilines is 4. The Morgan fingerprint density at radius 1 is 1.08 bits per heavy atom. The van der Waals surface area contributed by atoms with Gasteiger partial charge in [0.2, 0.25) is 5.95 Å². The lowest BCUT2D eigenvalue weighted by Crippen LogP contribution is -2.14. The van der Waals surface area contributed by atoms with Crippen molar-refractivity contribution in [1.29, 1.82) is 0 Å². The minimum Gasteiger partial charge on any atom is -0.496 e. The Morgan fingerprint density at radius 2 is 1.81 bits per heavy atom. The highest BCUT2D eigenvalue weighted by Crippen LogP contribution is 2.29. The number of amides is 1. The van der Waals surface area contributed by atoms with E-state index in [4.69, 9.17) is 16.3 Å². The van der Waals surface area contributed by atoms with E-state index >= 15 is 0 Å². The summed E-state index contributed by atoms with van der Waals surface area (Å²) in [5, 5.41) is 11.0. The van der Waals surface area contributed by atoms with E-state index in [2.05, 4.69) is 25.7 Å². The number of nitrogens with zero attached hydrogens (tertiary/aromatic N) is 5. The molecule has 0 spiro atoms. The van der Waals surface area contributed by atoms with Crippen LogP contribution in [0.1, 0.15) is 30.2 Å². The number of ether oxygens (including phenoxy) is 1. The van der Waals surface area contributed by atoms with Crippen LogP contribution in [0.5, 0.6) is 5.75 Å². The Labute approximate surface area is 215 Å². The lowest BCUT2D eigenvalue weighted by Gasteiger charge is -2.14.